The fourth-order valence-corrected chi connectivity index (χ4v) is 2.78. The number of urea groups is 1. The quantitative estimate of drug-likeness (QED) is 0.393. The molecule has 0 heterocycles. The highest BCUT2D eigenvalue weighted by molar-refractivity contribution is 6.35. The number of carbonyl (C=O) groups excluding carboxylic acids is 1. The van der Waals surface area contributed by atoms with Crippen LogP contribution in [0.2, 0.25) is 5.02 Å². The molecule has 2 aromatic carbocycles. The second-order valence-electron chi connectivity index (χ2n) is 5.59. The summed E-state index contributed by atoms with van der Waals surface area (Å²) >= 11 is 6.24. The summed E-state index contributed by atoms with van der Waals surface area (Å²) in [4.78, 5) is 13.6. The van der Waals surface area contributed by atoms with Crippen LogP contribution in [0.1, 0.15) is 18.1 Å². The first-order valence-electron chi connectivity index (χ1n) is 8.35. The van der Waals surface area contributed by atoms with Gasteiger partial charge in [-0.25, -0.2) is 9.69 Å². The topological polar surface area (TPSA) is 91.4 Å². The average Bonchev–Trinajstić information content (AvgIpc) is 2.63. The van der Waals surface area contributed by atoms with Crippen LogP contribution in [-0.2, 0) is 17.8 Å². The maximum atomic E-state index is 12.5. The summed E-state index contributed by atoms with van der Waals surface area (Å²) in [6, 6.07) is 14.6. The number of carbonyl (C=O) groups is 1. The van der Waals surface area contributed by atoms with E-state index in [4.69, 9.17) is 27.5 Å². The van der Waals surface area contributed by atoms with Gasteiger partial charge in [-0.3, -0.25) is 5.41 Å². The number of aryl methyl sites for hydroxylation is 1. The molecule has 0 aromatic heterocycles. The zero-order chi connectivity index (χ0) is 18.9. The number of halogens is 1. The molecule has 0 atom stereocenters. The van der Waals surface area contributed by atoms with Crippen LogP contribution < -0.4 is 16.0 Å². The van der Waals surface area contributed by atoms with Crippen LogP contribution in [0.25, 0.3) is 0 Å². The van der Waals surface area contributed by atoms with Crippen LogP contribution in [0.15, 0.2) is 48.5 Å². The lowest BCUT2D eigenvalue weighted by molar-refractivity contribution is 0.124. The number of anilines is 1. The highest BCUT2D eigenvalue weighted by Gasteiger charge is 2.23. The van der Waals surface area contributed by atoms with Crippen molar-refractivity contribution >= 4 is 29.3 Å². The third-order valence-corrected chi connectivity index (χ3v) is 4.06. The van der Waals surface area contributed by atoms with Gasteiger partial charge in [-0.1, -0.05) is 61.0 Å². The normalized spacial score (nSPS) is 10.4. The molecule has 2 amide bonds. The molecule has 7 heteroatoms. The summed E-state index contributed by atoms with van der Waals surface area (Å²) in [6.07, 6.45) is 0.660. The summed E-state index contributed by atoms with van der Waals surface area (Å²) in [5.41, 5.74) is 7.96. The van der Waals surface area contributed by atoms with Crippen LogP contribution >= 0.6 is 11.6 Å². The molecule has 0 fully saturated rings. The first-order valence-corrected chi connectivity index (χ1v) is 8.73. The SMILES string of the molecule is CCc1cccc(Cl)c1N(C(=N)N)C(=O)NCCOCc1ccccc1. The number of ether oxygens (including phenoxy) is 1. The highest BCUT2D eigenvalue weighted by atomic mass is 35.5. The van der Waals surface area contributed by atoms with Crippen molar-refractivity contribution in [2.75, 3.05) is 18.1 Å². The van der Waals surface area contributed by atoms with Crippen LogP contribution in [0.5, 0.6) is 0 Å². The van der Waals surface area contributed by atoms with Crippen molar-refractivity contribution in [3.05, 3.63) is 64.7 Å². The van der Waals surface area contributed by atoms with E-state index in [9.17, 15) is 4.79 Å². The lowest BCUT2D eigenvalue weighted by atomic mass is 10.1. The Morgan fingerprint density at radius 3 is 2.62 bits per heavy atom. The number of benzene rings is 2. The number of nitrogens with two attached hydrogens (primary N) is 1. The van der Waals surface area contributed by atoms with E-state index in [1.54, 1.807) is 12.1 Å². The van der Waals surface area contributed by atoms with E-state index in [1.807, 2.05) is 43.3 Å². The molecule has 0 saturated carbocycles. The molecular formula is C19H23ClN4O2. The average molecular weight is 375 g/mol. The largest absolute Gasteiger partial charge is 0.375 e. The van der Waals surface area contributed by atoms with Crippen LogP contribution in [0.3, 0.4) is 0 Å². The Bertz CT molecular complexity index is 752. The van der Waals surface area contributed by atoms with E-state index in [-0.39, 0.29) is 0 Å². The standard InChI is InChI=1S/C19H23ClN4O2/c1-2-15-9-6-10-16(20)17(15)24(18(21)22)19(25)23-11-12-26-13-14-7-4-3-5-8-14/h3-10H,2,11-13H2,1H3,(H3,21,22)(H,23,25). The van der Waals surface area contributed by atoms with Gasteiger partial charge in [0, 0.05) is 6.54 Å². The van der Waals surface area contributed by atoms with Gasteiger partial charge in [-0.15, -0.1) is 0 Å². The van der Waals surface area contributed by atoms with Crippen LogP contribution in [-0.4, -0.2) is 25.1 Å². The van der Waals surface area contributed by atoms with Crippen molar-refractivity contribution in [3.63, 3.8) is 0 Å². The highest BCUT2D eigenvalue weighted by Crippen LogP contribution is 2.30. The van der Waals surface area contributed by atoms with Crippen molar-refractivity contribution in [1.29, 1.82) is 5.41 Å². The molecule has 0 spiro atoms. The summed E-state index contributed by atoms with van der Waals surface area (Å²) in [5.74, 6) is -0.393. The minimum Gasteiger partial charge on any atom is -0.375 e. The number of para-hydroxylation sites is 1. The van der Waals surface area contributed by atoms with Crippen LogP contribution in [0, 0.1) is 5.41 Å². The smallest absolute Gasteiger partial charge is 0.328 e. The molecule has 4 N–H and O–H groups in total. The lowest BCUT2D eigenvalue weighted by Crippen LogP contribution is -2.48. The van der Waals surface area contributed by atoms with Crippen molar-refractivity contribution in [1.82, 2.24) is 5.32 Å². The molecule has 0 saturated heterocycles. The Labute approximate surface area is 158 Å². The first-order chi connectivity index (χ1) is 12.5. The van der Waals surface area contributed by atoms with Crippen molar-refractivity contribution in [2.24, 2.45) is 5.73 Å². The van der Waals surface area contributed by atoms with E-state index < -0.39 is 12.0 Å². The number of amides is 2. The van der Waals surface area contributed by atoms with E-state index in [1.165, 1.54) is 0 Å². The van der Waals surface area contributed by atoms with E-state index in [2.05, 4.69) is 5.32 Å². The monoisotopic (exact) mass is 374 g/mol. The minimum atomic E-state index is -0.511. The van der Waals surface area contributed by atoms with E-state index >= 15 is 0 Å². The second kappa shape index (κ2) is 9.79. The molecule has 0 aliphatic carbocycles. The summed E-state index contributed by atoms with van der Waals surface area (Å²) in [7, 11) is 0. The van der Waals surface area contributed by atoms with Gasteiger partial charge in [0.05, 0.1) is 23.9 Å². The molecular weight excluding hydrogens is 352 g/mol. The third-order valence-electron chi connectivity index (χ3n) is 3.75. The second-order valence-corrected chi connectivity index (χ2v) is 6.00. The van der Waals surface area contributed by atoms with Crippen molar-refractivity contribution < 1.29 is 9.53 Å². The number of hydrogen-bond donors (Lipinski definition) is 3. The van der Waals surface area contributed by atoms with Crippen molar-refractivity contribution in [3.8, 4) is 0 Å². The van der Waals surface area contributed by atoms with Crippen molar-refractivity contribution in [2.45, 2.75) is 20.0 Å². The predicted octanol–water partition coefficient (Wildman–Crippen LogP) is 3.53. The minimum absolute atomic E-state index is 0.293. The van der Waals surface area contributed by atoms with Gasteiger partial charge in [0.25, 0.3) is 0 Å². The Hall–Kier alpha value is -2.57. The maximum absolute atomic E-state index is 12.5. The Morgan fingerprint density at radius 2 is 1.96 bits per heavy atom. The van der Waals surface area contributed by atoms with Gasteiger partial charge >= 0.3 is 6.03 Å². The Kier molecular flexibility index (Phi) is 7.44. The molecule has 0 bridgehead atoms. The predicted molar refractivity (Wildman–Crippen MR) is 105 cm³/mol. The maximum Gasteiger partial charge on any atom is 0.328 e. The molecule has 0 unspecified atom stereocenters. The number of hydrogen-bond acceptors (Lipinski definition) is 3. The summed E-state index contributed by atoms with van der Waals surface area (Å²) in [5, 5.41) is 10.9. The number of guanidine groups is 1. The Balaban J connectivity index is 1.94. The molecule has 0 radical (unpaired) electrons. The molecule has 26 heavy (non-hydrogen) atoms. The number of nitrogens with one attached hydrogen (secondary N) is 2. The molecule has 6 nitrogen and oxygen atoms in total. The number of rotatable bonds is 7. The molecule has 0 aliphatic heterocycles. The zero-order valence-corrected chi connectivity index (χ0v) is 15.4. The van der Waals surface area contributed by atoms with Gasteiger partial charge in [0.2, 0.25) is 5.96 Å². The first kappa shape index (κ1) is 19.8. The number of nitrogens with zero attached hydrogens (tertiary/aromatic N) is 1. The lowest BCUT2D eigenvalue weighted by Gasteiger charge is -2.24. The molecule has 2 rings (SSSR count). The molecule has 2 aromatic rings. The fourth-order valence-electron chi connectivity index (χ4n) is 2.50. The van der Waals surface area contributed by atoms with Gasteiger partial charge in [0.1, 0.15) is 0 Å². The Morgan fingerprint density at radius 1 is 1.23 bits per heavy atom. The van der Waals surface area contributed by atoms with E-state index in [0.717, 1.165) is 16.0 Å². The third kappa shape index (κ3) is 5.21. The molecule has 0 aliphatic rings. The van der Waals surface area contributed by atoms with Gasteiger partial charge in [0.15, 0.2) is 0 Å². The van der Waals surface area contributed by atoms with Gasteiger partial charge in [-0.2, -0.15) is 0 Å². The van der Waals surface area contributed by atoms with Gasteiger partial charge < -0.3 is 15.8 Å². The summed E-state index contributed by atoms with van der Waals surface area (Å²) < 4.78 is 5.54. The fraction of sp³-hybridized carbons (Fsp3) is 0.263. The zero-order valence-electron chi connectivity index (χ0n) is 14.7. The van der Waals surface area contributed by atoms with Gasteiger partial charge in [-0.05, 0) is 23.6 Å². The van der Waals surface area contributed by atoms with E-state index in [0.29, 0.717) is 36.9 Å². The molecule has 138 valence electrons. The van der Waals surface area contributed by atoms with Crippen LogP contribution in [0.4, 0.5) is 10.5 Å². The summed E-state index contributed by atoms with van der Waals surface area (Å²) in [6.45, 7) is 3.05.